The van der Waals surface area contributed by atoms with Gasteiger partial charge in [0, 0.05) is 45.8 Å². The van der Waals surface area contributed by atoms with E-state index in [1.165, 1.54) is 40.2 Å². The second kappa shape index (κ2) is 18.0. The predicted molar refractivity (Wildman–Crippen MR) is 227 cm³/mol. The van der Waals surface area contributed by atoms with Gasteiger partial charge >= 0.3 is 30.0 Å². The van der Waals surface area contributed by atoms with Crippen LogP contribution in [0.25, 0.3) is 0 Å². The Kier molecular flexibility index (Phi) is 13.6. The molecule has 2 N–H and O–H groups in total. The zero-order valence-corrected chi connectivity index (χ0v) is 38.4. The topological polar surface area (TPSA) is 209 Å². The molecular weight excluding hydrogens is 831 g/mol. The fourth-order valence-electron chi connectivity index (χ4n) is 10.4. The molecule has 3 aliphatic carbocycles. The average molecular weight is 892 g/mol. The molecule has 348 valence electrons. The zero-order valence-electron chi connectivity index (χ0n) is 38.4. The number of ketones is 1. The molecule has 1 saturated heterocycles. The van der Waals surface area contributed by atoms with Gasteiger partial charge in [0.25, 0.3) is 0 Å². The number of alkyl carbamates (subject to hydrolysis) is 1. The van der Waals surface area contributed by atoms with Crippen molar-refractivity contribution in [3.8, 4) is 0 Å². The van der Waals surface area contributed by atoms with Gasteiger partial charge in [-0.1, -0.05) is 69.3 Å². The highest BCUT2D eigenvalue weighted by Gasteiger charge is 2.78. The molecule has 64 heavy (non-hydrogen) atoms. The van der Waals surface area contributed by atoms with Gasteiger partial charge in [0.15, 0.2) is 11.4 Å². The average Bonchev–Trinajstić information content (AvgIpc) is 3.23. The molecule has 0 radical (unpaired) electrons. The van der Waals surface area contributed by atoms with Crippen molar-refractivity contribution in [3.05, 3.63) is 82.9 Å². The number of carbonyl (C=O) groups excluding carboxylic acids is 6. The number of fused-ring (bicyclic) bond motifs is 5. The summed E-state index contributed by atoms with van der Waals surface area (Å²) in [5, 5.41) is 16.6. The third-order valence-corrected chi connectivity index (χ3v) is 13.6. The van der Waals surface area contributed by atoms with Crippen molar-refractivity contribution in [1.82, 2.24) is 5.32 Å². The first-order chi connectivity index (χ1) is 30.0. The number of methoxy groups -OCH3 is 2. The van der Waals surface area contributed by atoms with Gasteiger partial charge in [0.1, 0.15) is 41.7 Å². The van der Waals surface area contributed by atoms with Crippen LogP contribution in [0.15, 0.2) is 71.8 Å². The number of nitrogens with one attached hydrogen (secondary N) is 1. The van der Waals surface area contributed by atoms with Crippen LogP contribution in [0, 0.1) is 16.7 Å². The Morgan fingerprint density at radius 1 is 0.938 bits per heavy atom. The quantitative estimate of drug-likeness (QED) is 0.153. The van der Waals surface area contributed by atoms with E-state index >= 15 is 4.79 Å². The Morgan fingerprint density at radius 2 is 1.56 bits per heavy atom. The molecule has 0 unspecified atom stereocenters. The van der Waals surface area contributed by atoms with Gasteiger partial charge in [0.2, 0.25) is 6.10 Å². The first kappa shape index (κ1) is 48.3. The smallest absolute Gasteiger partial charge is 0.408 e. The lowest BCUT2D eigenvalue weighted by molar-refractivity contribution is -0.347. The highest BCUT2D eigenvalue weighted by atomic mass is 16.6. The summed E-state index contributed by atoms with van der Waals surface area (Å²) in [6, 6.07) is 15.1. The molecule has 0 spiro atoms. The van der Waals surface area contributed by atoms with Crippen LogP contribution in [0.2, 0.25) is 0 Å². The number of carbonyl (C=O) groups is 6. The van der Waals surface area contributed by atoms with E-state index in [1.54, 1.807) is 97.0 Å². The molecule has 1 aliphatic heterocycles. The Bertz CT molecular complexity index is 2150. The Morgan fingerprint density at radius 3 is 2.09 bits per heavy atom. The van der Waals surface area contributed by atoms with E-state index in [0.717, 1.165) is 0 Å². The van der Waals surface area contributed by atoms with Crippen LogP contribution >= 0.6 is 0 Å². The minimum Gasteiger partial charge on any atom is -0.455 e. The molecule has 2 bridgehead atoms. The molecule has 2 aromatic carbocycles. The largest absolute Gasteiger partial charge is 0.455 e. The maximum Gasteiger partial charge on any atom is 0.408 e. The highest BCUT2D eigenvalue weighted by Crippen LogP contribution is 2.64. The van der Waals surface area contributed by atoms with E-state index < -0.39 is 118 Å². The molecule has 16 nitrogen and oxygen atoms in total. The SMILES string of the molecule is CCC(=O)O[C@@H](C(=O)O[C@H]1C[C@@]2(O)[C@@H](OC(=O)c3ccccc3)[C@@H]3[C@]4(OC(C)=O)CO[C@@H]4C[C@H](OC)[C@@]3(C)C(=O)[C@H](OC)C(=C1C)C2(C)C)[C@@H](NC(=O)OC(C)(C)C)c1ccccc1. The van der Waals surface area contributed by atoms with Gasteiger partial charge in [-0.05, 0) is 63.5 Å². The van der Waals surface area contributed by atoms with E-state index in [0.29, 0.717) is 11.1 Å². The third-order valence-electron chi connectivity index (χ3n) is 13.6. The van der Waals surface area contributed by atoms with E-state index in [-0.39, 0.29) is 30.6 Å². The summed E-state index contributed by atoms with van der Waals surface area (Å²) in [6.45, 7) is 14.2. The van der Waals surface area contributed by atoms with E-state index in [2.05, 4.69) is 5.32 Å². The maximum atomic E-state index is 15.7. The fraction of sp³-hybridized carbons (Fsp3) is 0.583. The van der Waals surface area contributed by atoms with Crippen LogP contribution in [-0.4, -0.2) is 115 Å². The lowest BCUT2D eigenvalue weighted by atomic mass is 9.44. The molecule has 6 rings (SSSR count). The molecule has 3 fully saturated rings. The molecule has 0 aromatic heterocycles. The number of hydrogen-bond donors (Lipinski definition) is 2. The number of hydrogen-bond acceptors (Lipinski definition) is 15. The predicted octanol–water partition coefficient (Wildman–Crippen LogP) is 5.53. The number of amides is 1. The second-order valence-electron chi connectivity index (χ2n) is 18.8. The van der Waals surface area contributed by atoms with Crippen molar-refractivity contribution in [2.75, 3.05) is 20.8 Å². The van der Waals surface area contributed by atoms with Crippen LogP contribution in [0.4, 0.5) is 4.79 Å². The molecule has 2 saturated carbocycles. The first-order valence-electron chi connectivity index (χ1n) is 21.6. The minimum absolute atomic E-state index is 0.107. The van der Waals surface area contributed by atoms with Gasteiger partial charge in [-0.3, -0.25) is 14.4 Å². The second-order valence-corrected chi connectivity index (χ2v) is 18.8. The number of rotatable bonds is 12. The number of Topliss-reactive ketones (excluding diaryl/α,β-unsaturated/α-hetero) is 1. The number of ether oxygens (including phenoxy) is 8. The summed E-state index contributed by atoms with van der Waals surface area (Å²) in [5.41, 5.74) is -6.91. The molecule has 1 heterocycles. The lowest BCUT2D eigenvalue weighted by Crippen LogP contribution is -2.82. The summed E-state index contributed by atoms with van der Waals surface area (Å²) < 4.78 is 48.6. The van der Waals surface area contributed by atoms with Crippen LogP contribution in [0.5, 0.6) is 0 Å². The Hall–Kier alpha value is -5.16. The summed E-state index contributed by atoms with van der Waals surface area (Å²) in [5.74, 6) is -5.31. The zero-order chi connectivity index (χ0) is 47.2. The van der Waals surface area contributed by atoms with Gasteiger partial charge < -0.3 is 48.3 Å². The van der Waals surface area contributed by atoms with Crippen molar-refractivity contribution in [1.29, 1.82) is 0 Å². The maximum absolute atomic E-state index is 15.7. The van der Waals surface area contributed by atoms with Crippen molar-refractivity contribution >= 4 is 35.8 Å². The Labute approximate surface area is 373 Å². The van der Waals surface area contributed by atoms with Crippen LogP contribution in [0.3, 0.4) is 0 Å². The standard InChI is InChI=1S/C48H61NO15/c1-12-33(51)61-37(35(28-19-15-13-16-20-28)49-43(55)64-44(4,5)6)42(54)60-30-24-48(56)40(62-41(53)29-21-17-14-18-22-29)38-46(9,39(52)36(58-11)34(26(30)2)45(48,7)8)31(57-10)23-32-47(38,25-59-32)63-27(3)50/h13-22,30-32,35-38,40,56H,12,23-25H2,1-11H3,(H,49,55)/t30-,31-,32+,35-,36+,37+,38-,40-,46+,47-,48+/m0/s1. The van der Waals surface area contributed by atoms with E-state index in [9.17, 15) is 29.1 Å². The molecule has 16 heteroatoms. The summed E-state index contributed by atoms with van der Waals surface area (Å²) in [4.78, 5) is 84.5. The van der Waals surface area contributed by atoms with Crippen LogP contribution in [0.1, 0.15) is 104 Å². The molecule has 1 amide bonds. The minimum atomic E-state index is -2.26. The molecular formula is C48H61NO15. The molecule has 11 atom stereocenters. The Balaban J connectivity index is 1.56. The van der Waals surface area contributed by atoms with E-state index in [1.807, 2.05) is 0 Å². The van der Waals surface area contributed by atoms with E-state index in [4.69, 9.17) is 37.9 Å². The van der Waals surface area contributed by atoms with Gasteiger partial charge in [-0.25, -0.2) is 14.4 Å². The van der Waals surface area contributed by atoms with Gasteiger partial charge in [-0.15, -0.1) is 0 Å². The van der Waals surface area contributed by atoms with Crippen LogP contribution in [-0.2, 0) is 57.1 Å². The number of benzene rings is 2. The first-order valence-corrected chi connectivity index (χ1v) is 21.6. The van der Waals surface area contributed by atoms with Crippen molar-refractivity contribution in [2.45, 2.75) is 141 Å². The fourth-order valence-corrected chi connectivity index (χ4v) is 10.4. The van der Waals surface area contributed by atoms with Crippen molar-refractivity contribution in [2.24, 2.45) is 16.7 Å². The monoisotopic (exact) mass is 891 g/mol. The summed E-state index contributed by atoms with van der Waals surface area (Å²) in [7, 11) is 2.78. The summed E-state index contributed by atoms with van der Waals surface area (Å²) in [6.07, 6.45) is -9.44. The normalized spacial score (nSPS) is 31.5. The number of aliphatic hydroxyl groups is 1. The lowest BCUT2D eigenvalue weighted by Gasteiger charge is -2.67. The summed E-state index contributed by atoms with van der Waals surface area (Å²) >= 11 is 0. The highest BCUT2D eigenvalue weighted by molar-refractivity contribution is 5.94. The van der Waals surface area contributed by atoms with Gasteiger partial charge in [0.05, 0.1) is 29.6 Å². The van der Waals surface area contributed by atoms with Crippen LogP contribution < -0.4 is 5.32 Å². The van der Waals surface area contributed by atoms with Gasteiger partial charge in [-0.2, -0.15) is 0 Å². The molecule has 2 aromatic rings. The van der Waals surface area contributed by atoms with Crippen molar-refractivity contribution < 1.29 is 71.8 Å². The van der Waals surface area contributed by atoms with Crippen molar-refractivity contribution in [3.63, 3.8) is 0 Å². The third kappa shape index (κ3) is 8.45. The molecule has 4 aliphatic rings. The number of esters is 4.